The minimum Gasteiger partial charge on any atom is -0.460 e. The molecule has 5 heteroatoms. The van der Waals surface area contributed by atoms with Gasteiger partial charge in [0.1, 0.15) is 11.7 Å². The summed E-state index contributed by atoms with van der Waals surface area (Å²) in [6, 6.07) is 0. The van der Waals surface area contributed by atoms with Crippen LogP contribution in [0.15, 0.2) is 0 Å². The Morgan fingerprint density at radius 1 is 1.35 bits per heavy atom. The van der Waals surface area contributed by atoms with Crippen LogP contribution in [0.4, 0.5) is 0 Å². The molecule has 0 aliphatic carbocycles. The SMILES string of the molecule is CC(C)(C)OC(=O)C[C@@H]1CC[C@@H](C(N)=O)OC1. The summed E-state index contributed by atoms with van der Waals surface area (Å²) in [5.74, 6) is -0.523. The molecule has 0 spiro atoms. The zero-order valence-electron chi connectivity index (χ0n) is 10.7. The standard InChI is InChI=1S/C12H21NO4/c1-12(2,3)17-10(14)6-8-4-5-9(11(13)15)16-7-8/h8-9H,4-7H2,1-3H3,(H2,13,15)/t8-,9-/m0/s1. The molecule has 2 atom stereocenters. The molecular weight excluding hydrogens is 222 g/mol. The van der Waals surface area contributed by atoms with Crippen LogP contribution in [0.25, 0.3) is 0 Å². The molecule has 1 fully saturated rings. The molecule has 1 rings (SSSR count). The molecule has 1 heterocycles. The lowest BCUT2D eigenvalue weighted by molar-refractivity contribution is -0.157. The van der Waals surface area contributed by atoms with Gasteiger partial charge in [0, 0.05) is 0 Å². The van der Waals surface area contributed by atoms with Crippen LogP contribution in [0, 0.1) is 5.92 Å². The van der Waals surface area contributed by atoms with E-state index in [1.54, 1.807) is 0 Å². The topological polar surface area (TPSA) is 78.6 Å². The maximum absolute atomic E-state index is 11.6. The van der Waals surface area contributed by atoms with Gasteiger partial charge < -0.3 is 15.2 Å². The minimum atomic E-state index is -0.495. The second-order valence-electron chi connectivity index (χ2n) is 5.46. The zero-order valence-corrected chi connectivity index (χ0v) is 10.7. The van der Waals surface area contributed by atoms with E-state index in [0.717, 1.165) is 6.42 Å². The van der Waals surface area contributed by atoms with E-state index < -0.39 is 17.6 Å². The third-order valence-corrected chi connectivity index (χ3v) is 2.56. The third kappa shape index (κ3) is 5.17. The van der Waals surface area contributed by atoms with E-state index in [4.69, 9.17) is 15.2 Å². The van der Waals surface area contributed by atoms with Gasteiger partial charge in [-0.25, -0.2) is 0 Å². The van der Waals surface area contributed by atoms with Crippen molar-refractivity contribution in [1.82, 2.24) is 0 Å². The Labute approximate surface area is 102 Å². The van der Waals surface area contributed by atoms with Crippen molar-refractivity contribution in [2.45, 2.75) is 51.7 Å². The van der Waals surface area contributed by atoms with Crippen LogP contribution in [0.3, 0.4) is 0 Å². The number of ether oxygens (including phenoxy) is 2. The van der Waals surface area contributed by atoms with Gasteiger partial charge in [-0.2, -0.15) is 0 Å². The van der Waals surface area contributed by atoms with Gasteiger partial charge in [0.2, 0.25) is 5.91 Å². The zero-order chi connectivity index (χ0) is 13.1. The Hall–Kier alpha value is -1.10. The number of esters is 1. The maximum Gasteiger partial charge on any atom is 0.306 e. The summed E-state index contributed by atoms with van der Waals surface area (Å²) in [6.45, 7) is 5.91. The summed E-state index contributed by atoms with van der Waals surface area (Å²) >= 11 is 0. The third-order valence-electron chi connectivity index (χ3n) is 2.56. The van der Waals surface area contributed by atoms with Gasteiger partial charge in [-0.3, -0.25) is 9.59 Å². The van der Waals surface area contributed by atoms with Crippen LogP contribution in [0.1, 0.15) is 40.0 Å². The van der Waals surface area contributed by atoms with Gasteiger partial charge >= 0.3 is 5.97 Å². The Bertz CT molecular complexity index is 287. The van der Waals surface area contributed by atoms with Crippen molar-refractivity contribution in [1.29, 1.82) is 0 Å². The Morgan fingerprint density at radius 2 is 2.00 bits per heavy atom. The molecule has 1 aliphatic rings. The number of hydrogen-bond acceptors (Lipinski definition) is 4. The largest absolute Gasteiger partial charge is 0.460 e. The highest BCUT2D eigenvalue weighted by molar-refractivity contribution is 5.78. The van der Waals surface area contributed by atoms with E-state index >= 15 is 0 Å². The fraction of sp³-hybridized carbons (Fsp3) is 0.833. The number of carbonyl (C=O) groups excluding carboxylic acids is 2. The van der Waals surface area contributed by atoms with E-state index in [1.807, 2.05) is 20.8 Å². The monoisotopic (exact) mass is 243 g/mol. The number of hydrogen-bond donors (Lipinski definition) is 1. The first-order valence-corrected chi connectivity index (χ1v) is 5.90. The van der Waals surface area contributed by atoms with Crippen molar-refractivity contribution in [3.8, 4) is 0 Å². The summed E-state index contributed by atoms with van der Waals surface area (Å²) in [4.78, 5) is 22.4. The fourth-order valence-corrected chi connectivity index (χ4v) is 1.81. The molecule has 0 radical (unpaired) electrons. The normalized spacial score (nSPS) is 25.4. The smallest absolute Gasteiger partial charge is 0.306 e. The van der Waals surface area contributed by atoms with Crippen LogP contribution in [0.5, 0.6) is 0 Å². The molecule has 2 N–H and O–H groups in total. The molecule has 1 saturated heterocycles. The quantitative estimate of drug-likeness (QED) is 0.750. The number of amides is 1. The van der Waals surface area contributed by atoms with Gasteiger partial charge in [0.05, 0.1) is 13.0 Å². The van der Waals surface area contributed by atoms with Crippen molar-refractivity contribution in [2.24, 2.45) is 11.7 Å². The highest BCUT2D eigenvalue weighted by Gasteiger charge is 2.28. The number of rotatable bonds is 3. The average Bonchev–Trinajstić information content (AvgIpc) is 2.15. The summed E-state index contributed by atoms with van der Waals surface area (Å²) in [5, 5.41) is 0. The highest BCUT2D eigenvalue weighted by atomic mass is 16.6. The van der Waals surface area contributed by atoms with Crippen molar-refractivity contribution >= 4 is 11.9 Å². The van der Waals surface area contributed by atoms with Gasteiger partial charge in [0.25, 0.3) is 0 Å². The van der Waals surface area contributed by atoms with Crippen LogP contribution >= 0.6 is 0 Å². The minimum absolute atomic E-state index is 0.125. The molecule has 17 heavy (non-hydrogen) atoms. The van der Waals surface area contributed by atoms with Crippen LogP contribution in [0.2, 0.25) is 0 Å². The van der Waals surface area contributed by atoms with Gasteiger partial charge in [-0.15, -0.1) is 0 Å². The first-order valence-electron chi connectivity index (χ1n) is 5.90. The van der Waals surface area contributed by atoms with E-state index in [9.17, 15) is 9.59 Å². The van der Waals surface area contributed by atoms with Crippen LogP contribution in [-0.4, -0.2) is 30.2 Å². The predicted molar refractivity (Wildman–Crippen MR) is 62.1 cm³/mol. The molecule has 0 bridgehead atoms. The second-order valence-corrected chi connectivity index (χ2v) is 5.46. The average molecular weight is 243 g/mol. The van der Waals surface area contributed by atoms with Crippen molar-refractivity contribution in [2.75, 3.05) is 6.61 Å². The molecule has 0 aromatic heterocycles. The number of carbonyl (C=O) groups is 2. The lowest BCUT2D eigenvalue weighted by Crippen LogP contribution is -2.37. The molecule has 5 nitrogen and oxygen atoms in total. The Kier molecular flexibility index (Phi) is 4.51. The highest BCUT2D eigenvalue weighted by Crippen LogP contribution is 2.23. The summed E-state index contributed by atoms with van der Waals surface area (Å²) in [6.07, 6.45) is 1.20. The molecule has 0 aromatic rings. The summed E-state index contributed by atoms with van der Waals surface area (Å²) in [7, 11) is 0. The van der Waals surface area contributed by atoms with Crippen LogP contribution < -0.4 is 5.73 Å². The van der Waals surface area contributed by atoms with Gasteiger partial charge in [-0.05, 0) is 39.5 Å². The fourth-order valence-electron chi connectivity index (χ4n) is 1.81. The van der Waals surface area contributed by atoms with Crippen LogP contribution in [-0.2, 0) is 19.1 Å². The Morgan fingerprint density at radius 3 is 2.41 bits per heavy atom. The molecule has 0 aromatic carbocycles. The predicted octanol–water partition coefficient (Wildman–Crippen LogP) is 0.999. The van der Waals surface area contributed by atoms with Gasteiger partial charge in [-0.1, -0.05) is 0 Å². The molecular formula is C12H21NO4. The molecule has 0 saturated carbocycles. The van der Waals surface area contributed by atoms with E-state index in [0.29, 0.717) is 19.4 Å². The lowest BCUT2D eigenvalue weighted by Gasteiger charge is -2.27. The van der Waals surface area contributed by atoms with Crippen molar-refractivity contribution < 1.29 is 19.1 Å². The van der Waals surface area contributed by atoms with E-state index in [1.165, 1.54) is 0 Å². The summed E-state index contributed by atoms with van der Waals surface area (Å²) < 4.78 is 10.5. The molecule has 98 valence electrons. The van der Waals surface area contributed by atoms with E-state index in [-0.39, 0.29) is 11.9 Å². The number of nitrogens with two attached hydrogens (primary N) is 1. The molecule has 1 aliphatic heterocycles. The first kappa shape index (κ1) is 14.0. The van der Waals surface area contributed by atoms with Crippen molar-refractivity contribution in [3.63, 3.8) is 0 Å². The first-order chi connectivity index (χ1) is 7.78. The second kappa shape index (κ2) is 5.49. The number of primary amides is 1. The molecule has 1 amide bonds. The Balaban J connectivity index is 2.31. The van der Waals surface area contributed by atoms with Gasteiger partial charge in [0.15, 0.2) is 0 Å². The lowest BCUT2D eigenvalue weighted by atomic mass is 9.95. The molecule has 0 unspecified atom stereocenters. The summed E-state index contributed by atoms with van der Waals surface area (Å²) in [5.41, 5.74) is 4.69. The van der Waals surface area contributed by atoms with Crippen molar-refractivity contribution in [3.05, 3.63) is 0 Å². The van der Waals surface area contributed by atoms with E-state index in [2.05, 4.69) is 0 Å². The maximum atomic E-state index is 11.6.